The van der Waals surface area contributed by atoms with E-state index < -0.39 is 0 Å². The molecule has 1 amide bonds. The summed E-state index contributed by atoms with van der Waals surface area (Å²) in [5, 5.41) is 7.45. The van der Waals surface area contributed by atoms with E-state index in [2.05, 4.69) is 47.1 Å². The third-order valence-corrected chi connectivity index (χ3v) is 6.20. The summed E-state index contributed by atoms with van der Waals surface area (Å²) in [4.78, 5) is 17.2. The molecule has 0 spiro atoms. The molecule has 25 heavy (non-hydrogen) atoms. The van der Waals surface area contributed by atoms with Crippen molar-refractivity contribution in [3.8, 4) is 0 Å². The summed E-state index contributed by atoms with van der Waals surface area (Å²) in [5.74, 6) is 0.634. The summed E-state index contributed by atoms with van der Waals surface area (Å²) in [6, 6.07) is 5.98. The van der Waals surface area contributed by atoms with Crippen molar-refractivity contribution in [3.05, 3.63) is 51.1 Å². The van der Waals surface area contributed by atoms with E-state index in [1.807, 2.05) is 12.1 Å². The van der Waals surface area contributed by atoms with Crippen LogP contribution in [0.3, 0.4) is 0 Å². The Morgan fingerprint density at radius 1 is 1.36 bits per heavy atom. The van der Waals surface area contributed by atoms with Crippen molar-refractivity contribution in [2.75, 3.05) is 0 Å². The first-order valence-corrected chi connectivity index (χ1v) is 9.78. The average Bonchev–Trinajstić information content (AvgIpc) is 3.32. The van der Waals surface area contributed by atoms with Gasteiger partial charge in [-0.15, -0.1) is 11.3 Å². The predicted molar refractivity (Wildman–Crippen MR) is 102 cm³/mol. The van der Waals surface area contributed by atoms with Gasteiger partial charge in [-0.05, 0) is 57.4 Å². The fraction of sp³-hybridized carbons (Fsp3) is 0.400. The molecule has 0 radical (unpaired) electrons. The molecule has 1 saturated carbocycles. The summed E-state index contributed by atoms with van der Waals surface area (Å²) in [5.41, 5.74) is 5.39. The molecule has 1 aromatic carbocycles. The Morgan fingerprint density at radius 3 is 2.88 bits per heavy atom. The number of benzene rings is 1. The number of rotatable bonds is 5. The summed E-state index contributed by atoms with van der Waals surface area (Å²) in [7, 11) is 0. The number of amides is 1. The zero-order valence-electron chi connectivity index (χ0n) is 14.9. The van der Waals surface area contributed by atoms with Crippen molar-refractivity contribution in [2.45, 2.75) is 52.6 Å². The van der Waals surface area contributed by atoms with Gasteiger partial charge < -0.3 is 9.88 Å². The van der Waals surface area contributed by atoms with E-state index in [-0.39, 0.29) is 5.91 Å². The Kier molecular flexibility index (Phi) is 4.12. The molecule has 5 heteroatoms. The van der Waals surface area contributed by atoms with E-state index >= 15 is 0 Å². The van der Waals surface area contributed by atoms with Crippen molar-refractivity contribution in [1.29, 1.82) is 0 Å². The minimum absolute atomic E-state index is 0.0378. The van der Waals surface area contributed by atoms with Crippen LogP contribution in [-0.4, -0.2) is 15.5 Å². The number of aryl methyl sites for hydroxylation is 2. The van der Waals surface area contributed by atoms with Gasteiger partial charge in [0.2, 0.25) is 0 Å². The van der Waals surface area contributed by atoms with Gasteiger partial charge in [0.25, 0.3) is 5.91 Å². The molecule has 4 nitrogen and oxygen atoms in total. The van der Waals surface area contributed by atoms with Gasteiger partial charge in [-0.2, -0.15) is 0 Å². The Labute approximate surface area is 151 Å². The highest BCUT2D eigenvalue weighted by atomic mass is 32.1. The molecule has 1 fully saturated rings. The molecule has 1 N–H and O–H groups in total. The van der Waals surface area contributed by atoms with Crippen molar-refractivity contribution in [3.63, 3.8) is 0 Å². The second-order valence-electron chi connectivity index (χ2n) is 6.82. The van der Waals surface area contributed by atoms with Crippen molar-refractivity contribution < 1.29 is 4.79 Å². The standard InChI is InChI=1S/C20H23N3OS/c1-4-23-13(3)12(2)17-9-15(7-8-18(17)23)19(24)21-10-16-11-25-20(22-16)14-5-6-14/h7-9,11,14H,4-6,10H2,1-3H3,(H,21,24). The Morgan fingerprint density at radius 2 is 2.16 bits per heavy atom. The monoisotopic (exact) mass is 353 g/mol. The number of hydrogen-bond donors (Lipinski definition) is 1. The summed E-state index contributed by atoms with van der Waals surface area (Å²) in [6.07, 6.45) is 2.52. The number of hydrogen-bond acceptors (Lipinski definition) is 3. The number of nitrogens with zero attached hydrogens (tertiary/aromatic N) is 2. The molecule has 1 aliphatic rings. The van der Waals surface area contributed by atoms with E-state index in [9.17, 15) is 4.79 Å². The van der Waals surface area contributed by atoms with Crippen LogP contribution in [0.1, 0.15) is 58.0 Å². The van der Waals surface area contributed by atoms with Gasteiger partial charge >= 0.3 is 0 Å². The van der Waals surface area contributed by atoms with Crippen LogP contribution in [0.15, 0.2) is 23.6 Å². The molecule has 0 aliphatic heterocycles. The molecule has 0 saturated heterocycles. The SMILES string of the molecule is CCn1c(C)c(C)c2cc(C(=O)NCc3csc(C4CC4)n3)ccc21. The van der Waals surface area contributed by atoms with E-state index in [4.69, 9.17) is 0 Å². The van der Waals surface area contributed by atoms with Crippen molar-refractivity contribution in [2.24, 2.45) is 0 Å². The first-order chi connectivity index (χ1) is 12.1. The average molecular weight is 353 g/mol. The molecule has 2 aromatic heterocycles. The van der Waals surface area contributed by atoms with Gasteiger partial charge in [0.1, 0.15) is 0 Å². The molecule has 2 heterocycles. The van der Waals surface area contributed by atoms with Gasteiger partial charge in [-0.25, -0.2) is 4.98 Å². The fourth-order valence-electron chi connectivity index (χ4n) is 3.39. The van der Waals surface area contributed by atoms with Gasteiger partial charge in [0, 0.05) is 40.0 Å². The van der Waals surface area contributed by atoms with Crippen molar-refractivity contribution in [1.82, 2.24) is 14.9 Å². The highest BCUT2D eigenvalue weighted by Gasteiger charge is 2.26. The van der Waals surface area contributed by atoms with Gasteiger partial charge in [0.15, 0.2) is 0 Å². The van der Waals surface area contributed by atoms with Crippen LogP contribution in [0.4, 0.5) is 0 Å². The van der Waals surface area contributed by atoms with Gasteiger partial charge in [-0.3, -0.25) is 4.79 Å². The maximum Gasteiger partial charge on any atom is 0.251 e. The van der Waals surface area contributed by atoms with Crippen LogP contribution in [0.5, 0.6) is 0 Å². The van der Waals surface area contributed by atoms with E-state index in [1.54, 1.807) is 11.3 Å². The lowest BCUT2D eigenvalue weighted by atomic mass is 10.1. The third kappa shape index (κ3) is 2.97. The van der Waals surface area contributed by atoms with Crippen LogP contribution < -0.4 is 5.32 Å². The smallest absolute Gasteiger partial charge is 0.251 e. The van der Waals surface area contributed by atoms with E-state index in [1.165, 1.54) is 34.6 Å². The number of carbonyl (C=O) groups is 1. The Bertz CT molecular complexity index is 949. The minimum atomic E-state index is -0.0378. The maximum absolute atomic E-state index is 12.5. The number of nitrogens with one attached hydrogen (secondary N) is 1. The summed E-state index contributed by atoms with van der Waals surface area (Å²) >= 11 is 1.71. The first kappa shape index (κ1) is 16.3. The Balaban J connectivity index is 1.52. The zero-order chi connectivity index (χ0) is 17.6. The summed E-state index contributed by atoms with van der Waals surface area (Å²) in [6.45, 7) is 7.84. The number of thiazole rings is 1. The lowest BCUT2D eigenvalue weighted by Crippen LogP contribution is -2.22. The van der Waals surface area contributed by atoms with Crippen LogP contribution in [0, 0.1) is 13.8 Å². The van der Waals surface area contributed by atoms with Gasteiger partial charge in [-0.1, -0.05) is 0 Å². The van der Waals surface area contributed by atoms with Crippen molar-refractivity contribution >= 4 is 28.1 Å². The first-order valence-electron chi connectivity index (χ1n) is 8.90. The molecule has 130 valence electrons. The third-order valence-electron chi connectivity index (χ3n) is 5.14. The molecule has 4 rings (SSSR count). The quantitative estimate of drug-likeness (QED) is 0.732. The molecule has 0 bridgehead atoms. The highest BCUT2D eigenvalue weighted by Crippen LogP contribution is 2.41. The number of aromatic nitrogens is 2. The molecular formula is C20H23N3OS. The number of fused-ring (bicyclic) bond motifs is 1. The lowest BCUT2D eigenvalue weighted by molar-refractivity contribution is 0.0950. The largest absolute Gasteiger partial charge is 0.346 e. The highest BCUT2D eigenvalue weighted by molar-refractivity contribution is 7.09. The Hall–Kier alpha value is -2.14. The minimum Gasteiger partial charge on any atom is -0.346 e. The van der Waals surface area contributed by atoms with Gasteiger partial charge in [0.05, 0.1) is 17.2 Å². The second kappa shape index (κ2) is 6.30. The van der Waals surface area contributed by atoms with E-state index in [0.717, 1.165) is 17.6 Å². The second-order valence-corrected chi connectivity index (χ2v) is 7.71. The predicted octanol–water partition coefficient (Wildman–Crippen LogP) is 4.54. The summed E-state index contributed by atoms with van der Waals surface area (Å²) < 4.78 is 2.29. The zero-order valence-corrected chi connectivity index (χ0v) is 15.7. The van der Waals surface area contributed by atoms with Crippen LogP contribution >= 0.6 is 11.3 Å². The molecular weight excluding hydrogens is 330 g/mol. The topological polar surface area (TPSA) is 46.9 Å². The molecule has 1 aliphatic carbocycles. The molecule has 0 unspecified atom stereocenters. The van der Waals surface area contributed by atoms with Crippen LogP contribution in [0.2, 0.25) is 0 Å². The van der Waals surface area contributed by atoms with E-state index in [0.29, 0.717) is 18.0 Å². The lowest BCUT2D eigenvalue weighted by Gasteiger charge is -2.06. The van der Waals surface area contributed by atoms with Crippen LogP contribution in [0.25, 0.3) is 10.9 Å². The number of carbonyl (C=O) groups excluding carboxylic acids is 1. The molecule has 0 atom stereocenters. The van der Waals surface area contributed by atoms with Crippen LogP contribution in [-0.2, 0) is 13.1 Å². The maximum atomic E-state index is 12.5. The molecule has 3 aromatic rings. The fourth-order valence-corrected chi connectivity index (χ4v) is 4.38. The normalized spacial score (nSPS) is 14.2.